The van der Waals surface area contributed by atoms with Crippen LogP contribution in [0.3, 0.4) is 0 Å². The number of nitrogens with two attached hydrogens (primary N) is 1. The van der Waals surface area contributed by atoms with E-state index in [-0.39, 0.29) is 5.75 Å². The Morgan fingerprint density at radius 1 is 1.57 bits per heavy atom. The van der Waals surface area contributed by atoms with Gasteiger partial charge in [-0.2, -0.15) is 0 Å². The zero-order valence-electron chi connectivity index (χ0n) is 8.25. The number of ether oxygens (including phenoxy) is 1. The normalized spacial score (nSPS) is 15.1. The smallest absolute Gasteiger partial charge is 0.130 e. The number of hydrogen-bond acceptors (Lipinski definition) is 3. The van der Waals surface area contributed by atoms with Crippen molar-refractivity contribution in [2.75, 3.05) is 13.7 Å². The molecule has 0 saturated heterocycles. The van der Waals surface area contributed by atoms with Crippen LogP contribution in [-0.4, -0.2) is 18.8 Å². The molecule has 4 heteroatoms. The second kappa shape index (κ2) is 4.29. The molecule has 1 rings (SSSR count). The van der Waals surface area contributed by atoms with E-state index < -0.39 is 5.60 Å². The monoisotopic (exact) mass is 259 g/mol. The Labute approximate surface area is 92.0 Å². The minimum absolute atomic E-state index is 0.194. The molecule has 0 saturated carbocycles. The summed E-state index contributed by atoms with van der Waals surface area (Å²) in [6.07, 6.45) is 0. The number of benzene rings is 1. The highest BCUT2D eigenvalue weighted by atomic mass is 79.9. The van der Waals surface area contributed by atoms with Crippen molar-refractivity contribution >= 4 is 15.9 Å². The summed E-state index contributed by atoms with van der Waals surface area (Å²) in [5.41, 5.74) is 5.92. The summed E-state index contributed by atoms with van der Waals surface area (Å²) in [6, 6.07) is 5.25. The van der Waals surface area contributed by atoms with E-state index in [2.05, 4.69) is 15.9 Å². The quantitative estimate of drug-likeness (QED) is 0.873. The third kappa shape index (κ3) is 1.92. The molecule has 0 aromatic heterocycles. The van der Waals surface area contributed by atoms with Crippen LogP contribution in [0.4, 0.5) is 0 Å². The number of aromatic hydroxyl groups is 1. The Bertz CT molecular complexity index is 324. The van der Waals surface area contributed by atoms with Crippen LogP contribution < -0.4 is 5.73 Å². The number of halogens is 1. The number of phenols is 1. The van der Waals surface area contributed by atoms with Crippen molar-refractivity contribution in [3.63, 3.8) is 0 Å². The molecule has 0 heterocycles. The highest BCUT2D eigenvalue weighted by Gasteiger charge is 2.27. The lowest BCUT2D eigenvalue weighted by molar-refractivity contribution is 0.00929. The van der Waals surface area contributed by atoms with Crippen LogP contribution in [0.2, 0.25) is 0 Å². The maximum Gasteiger partial charge on any atom is 0.130 e. The van der Waals surface area contributed by atoms with Gasteiger partial charge in [-0.3, -0.25) is 0 Å². The predicted molar refractivity (Wildman–Crippen MR) is 59.2 cm³/mol. The molecule has 3 nitrogen and oxygen atoms in total. The van der Waals surface area contributed by atoms with E-state index in [9.17, 15) is 5.11 Å². The fraction of sp³-hybridized carbons (Fsp3) is 0.400. The van der Waals surface area contributed by atoms with Gasteiger partial charge in [-0.05, 0) is 28.9 Å². The van der Waals surface area contributed by atoms with Crippen LogP contribution in [0.15, 0.2) is 22.7 Å². The minimum Gasteiger partial charge on any atom is -0.507 e. The van der Waals surface area contributed by atoms with Gasteiger partial charge in [0.2, 0.25) is 0 Å². The van der Waals surface area contributed by atoms with E-state index in [1.807, 2.05) is 13.0 Å². The fourth-order valence-corrected chi connectivity index (χ4v) is 1.92. The van der Waals surface area contributed by atoms with Gasteiger partial charge in [0.05, 0.1) is 4.47 Å². The number of rotatable bonds is 3. The van der Waals surface area contributed by atoms with Gasteiger partial charge in [0.1, 0.15) is 11.4 Å². The van der Waals surface area contributed by atoms with Crippen LogP contribution in [0.25, 0.3) is 0 Å². The van der Waals surface area contributed by atoms with Crippen molar-refractivity contribution < 1.29 is 9.84 Å². The van der Waals surface area contributed by atoms with Crippen LogP contribution in [-0.2, 0) is 10.3 Å². The van der Waals surface area contributed by atoms with Crippen molar-refractivity contribution in [2.45, 2.75) is 12.5 Å². The number of phenolic OH excluding ortho intramolecular Hbond substituents is 1. The fourth-order valence-electron chi connectivity index (χ4n) is 1.23. The maximum atomic E-state index is 9.51. The van der Waals surface area contributed by atoms with Gasteiger partial charge in [0.25, 0.3) is 0 Å². The van der Waals surface area contributed by atoms with Crippen LogP contribution in [0.5, 0.6) is 5.75 Å². The molecular weight excluding hydrogens is 246 g/mol. The molecule has 78 valence electrons. The van der Waals surface area contributed by atoms with Gasteiger partial charge in [0, 0.05) is 19.2 Å². The first-order valence-corrected chi connectivity index (χ1v) is 5.07. The summed E-state index contributed by atoms with van der Waals surface area (Å²) in [6.45, 7) is 2.23. The molecule has 0 fully saturated rings. The molecule has 3 N–H and O–H groups in total. The van der Waals surface area contributed by atoms with E-state index >= 15 is 0 Å². The zero-order valence-corrected chi connectivity index (χ0v) is 9.84. The van der Waals surface area contributed by atoms with Gasteiger partial charge < -0.3 is 15.6 Å². The van der Waals surface area contributed by atoms with Crippen molar-refractivity contribution in [3.8, 4) is 5.75 Å². The summed E-state index contributed by atoms with van der Waals surface area (Å²) < 4.78 is 5.98. The highest BCUT2D eigenvalue weighted by molar-refractivity contribution is 9.10. The van der Waals surface area contributed by atoms with E-state index in [0.717, 1.165) is 5.56 Å². The lowest BCUT2D eigenvalue weighted by atomic mass is 9.96. The van der Waals surface area contributed by atoms with Gasteiger partial charge in [0.15, 0.2) is 0 Å². The van der Waals surface area contributed by atoms with Crippen LogP contribution >= 0.6 is 15.9 Å². The average Bonchev–Trinajstić information content (AvgIpc) is 2.21. The molecular formula is C10H14BrNO2. The first kappa shape index (κ1) is 11.5. The summed E-state index contributed by atoms with van der Waals surface area (Å²) in [7, 11) is 1.60. The first-order valence-electron chi connectivity index (χ1n) is 4.28. The molecule has 1 atom stereocenters. The number of hydrogen-bond donors (Lipinski definition) is 2. The summed E-state index contributed by atoms with van der Waals surface area (Å²) in [5.74, 6) is 0.194. The Kier molecular flexibility index (Phi) is 3.53. The molecule has 0 aliphatic heterocycles. The Hall–Kier alpha value is -0.580. The summed E-state index contributed by atoms with van der Waals surface area (Å²) in [4.78, 5) is 0. The van der Waals surface area contributed by atoms with E-state index in [1.165, 1.54) is 0 Å². The summed E-state index contributed by atoms with van der Waals surface area (Å²) in [5, 5.41) is 9.51. The largest absolute Gasteiger partial charge is 0.507 e. The van der Waals surface area contributed by atoms with E-state index in [0.29, 0.717) is 11.0 Å². The first-order chi connectivity index (χ1) is 6.55. The van der Waals surface area contributed by atoms with Gasteiger partial charge in [-0.1, -0.05) is 12.1 Å². The van der Waals surface area contributed by atoms with Crippen molar-refractivity contribution in [3.05, 3.63) is 28.2 Å². The Balaban J connectivity index is 3.24. The van der Waals surface area contributed by atoms with E-state index in [1.54, 1.807) is 19.2 Å². The zero-order chi connectivity index (χ0) is 10.8. The van der Waals surface area contributed by atoms with Crippen molar-refractivity contribution in [1.29, 1.82) is 0 Å². The lowest BCUT2D eigenvalue weighted by Crippen LogP contribution is -2.34. The Morgan fingerprint density at radius 3 is 2.71 bits per heavy atom. The van der Waals surface area contributed by atoms with Crippen LogP contribution in [0.1, 0.15) is 12.5 Å². The second-order valence-corrected chi connectivity index (χ2v) is 4.07. The molecule has 0 radical (unpaired) electrons. The molecule has 0 aliphatic carbocycles. The standard InChI is InChI=1S/C10H14BrNO2/c1-10(6-12,14-2)7-4-3-5-8(13)9(7)11/h3-5,13H,6,12H2,1-2H3. The molecule has 1 aromatic rings. The van der Waals surface area contributed by atoms with E-state index in [4.69, 9.17) is 10.5 Å². The molecule has 0 spiro atoms. The maximum absolute atomic E-state index is 9.51. The molecule has 0 amide bonds. The SMILES string of the molecule is COC(C)(CN)c1cccc(O)c1Br. The molecule has 0 aliphatic rings. The molecule has 0 bridgehead atoms. The van der Waals surface area contributed by atoms with Gasteiger partial charge in [-0.25, -0.2) is 0 Å². The lowest BCUT2D eigenvalue weighted by Gasteiger charge is -2.28. The molecule has 1 aromatic carbocycles. The third-order valence-corrected chi connectivity index (χ3v) is 3.22. The molecule has 14 heavy (non-hydrogen) atoms. The van der Waals surface area contributed by atoms with Crippen molar-refractivity contribution in [2.24, 2.45) is 5.73 Å². The Morgan fingerprint density at radius 2 is 2.21 bits per heavy atom. The predicted octanol–water partition coefficient (Wildman–Crippen LogP) is 1.98. The third-order valence-electron chi connectivity index (χ3n) is 2.39. The summed E-state index contributed by atoms with van der Waals surface area (Å²) >= 11 is 3.31. The van der Waals surface area contributed by atoms with Crippen molar-refractivity contribution in [1.82, 2.24) is 0 Å². The number of methoxy groups -OCH3 is 1. The highest BCUT2D eigenvalue weighted by Crippen LogP contribution is 2.35. The van der Waals surface area contributed by atoms with Gasteiger partial charge in [-0.15, -0.1) is 0 Å². The topological polar surface area (TPSA) is 55.5 Å². The minimum atomic E-state index is -0.572. The second-order valence-electron chi connectivity index (χ2n) is 3.28. The average molecular weight is 260 g/mol. The van der Waals surface area contributed by atoms with Crippen LogP contribution in [0, 0.1) is 0 Å². The molecule has 1 unspecified atom stereocenters. The van der Waals surface area contributed by atoms with Gasteiger partial charge >= 0.3 is 0 Å².